The second kappa shape index (κ2) is 8.78. The normalized spacial score (nSPS) is 11.1. The van der Waals surface area contributed by atoms with Crippen LogP contribution in [0.1, 0.15) is 36.1 Å². The van der Waals surface area contributed by atoms with Gasteiger partial charge in [0, 0.05) is 18.2 Å². The first-order valence-electron chi connectivity index (χ1n) is 8.21. The van der Waals surface area contributed by atoms with Crippen molar-refractivity contribution in [1.82, 2.24) is 5.32 Å². The van der Waals surface area contributed by atoms with Gasteiger partial charge in [-0.25, -0.2) is 0 Å². The molecule has 25 heavy (non-hydrogen) atoms. The smallest absolute Gasteiger partial charge is 0.269 e. The molecule has 0 aromatic heterocycles. The molecule has 2 aromatic rings. The molecule has 0 radical (unpaired) electrons. The van der Waals surface area contributed by atoms with Crippen molar-refractivity contribution in [2.24, 2.45) is 5.16 Å². The molecule has 0 aliphatic heterocycles. The Hall–Kier alpha value is -2.95. The molecule has 0 saturated carbocycles. The van der Waals surface area contributed by atoms with Crippen LogP contribution in [0.4, 0.5) is 0 Å². The predicted molar refractivity (Wildman–Crippen MR) is 100 cm³/mol. The molecule has 0 heterocycles. The summed E-state index contributed by atoms with van der Waals surface area (Å²) in [5.41, 5.74) is 4.26. The van der Waals surface area contributed by atoms with Crippen LogP contribution in [0.5, 0.6) is 0 Å². The summed E-state index contributed by atoms with van der Waals surface area (Å²) in [6.07, 6.45) is 1.00. The van der Waals surface area contributed by atoms with Gasteiger partial charge in [0.25, 0.3) is 5.91 Å². The van der Waals surface area contributed by atoms with Gasteiger partial charge in [-0.05, 0) is 24.5 Å². The summed E-state index contributed by atoms with van der Waals surface area (Å²) in [7, 11) is 1.51. The second-order valence-electron chi connectivity index (χ2n) is 5.61. The van der Waals surface area contributed by atoms with Crippen molar-refractivity contribution in [2.45, 2.75) is 26.9 Å². The number of likely N-dealkylation sites (N-methyl/N-ethyl adjacent to an activating group) is 1. The van der Waals surface area contributed by atoms with Crippen LogP contribution in [-0.2, 0) is 22.7 Å². The van der Waals surface area contributed by atoms with Crippen molar-refractivity contribution in [3.8, 4) is 0 Å². The molecule has 0 spiro atoms. The molecule has 130 valence electrons. The summed E-state index contributed by atoms with van der Waals surface area (Å²) in [6, 6.07) is 15.4. The number of hydrogen-bond donors (Lipinski definition) is 2. The van der Waals surface area contributed by atoms with Crippen molar-refractivity contribution in [3.63, 3.8) is 0 Å². The fourth-order valence-corrected chi connectivity index (χ4v) is 2.37. The maximum Gasteiger partial charge on any atom is 0.269 e. The van der Waals surface area contributed by atoms with E-state index in [4.69, 9.17) is 10.2 Å². The summed E-state index contributed by atoms with van der Waals surface area (Å²) in [5, 5.41) is 14.6. The maximum atomic E-state index is 11.7. The Kier molecular flexibility index (Phi) is 6.46. The second-order valence-corrected chi connectivity index (χ2v) is 5.61. The van der Waals surface area contributed by atoms with E-state index in [1.807, 2.05) is 31.2 Å². The number of nitrogens with zero attached hydrogens (tertiary/aromatic N) is 1. The van der Waals surface area contributed by atoms with Gasteiger partial charge in [-0.1, -0.05) is 60.6 Å². The van der Waals surface area contributed by atoms with Gasteiger partial charge in [-0.2, -0.15) is 0 Å². The Bertz CT molecular complexity index is 780. The molecule has 1 amide bonds. The largest absolute Gasteiger partial charge is 0.391 e. The zero-order valence-electron chi connectivity index (χ0n) is 14.8. The number of rotatable bonds is 7. The Balaban J connectivity index is 2.08. The van der Waals surface area contributed by atoms with Gasteiger partial charge in [0.2, 0.25) is 0 Å². The molecule has 0 fully saturated rings. The standard InChI is InChI=1S/C20H23N3O2/c1-4-15-9-11-16(12-10-15)14(2)23-25-13-17-7-5-6-8-18(17)19(21)20(24)22-3/h5-12,21H,4,13H2,1-3H3,(H,22,24)/b21-19?,23-14+. The van der Waals surface area contributed by atoms with Crippen molar-refractivity contribution < 1.29 is 9.63 Å². The first kappa shape index (κ1) is 18.4. The highest BCUT2D eigenvalue weighted by atomic mass is 16.6. The fourth-order valence-electron chi connectivity index (χ4n) is 2.37. The van der Waals surface area contributed by atoms with Gasteiger partial charge in [0.1, 0.15) is 12.3 Å². The van der Waals surface area contributed by atoms with E-state index in [1.165, 1.54) is 12.6 Å². The summed E-state index contributed by atoms with van der Waals surface area (Å²) >= 11 is 0. The van der Waals surface area contributed by atoms with E-state index in [2.05, 4.69) is 29.5 Å². The number of benzene rings is 2. The van der Waals surface area contributed by atoms with E-state index in [0.29, 0.717) is 5.56 Å². The van der Waals surface area contributed by atoms with Gasteiger partial charge in [0.05, 0.1) is 5.71 Å². The third kappa shape index (κ3) is 4.76. The van der Waals surface area contributed by atoms with Gasteiger partial charge >= 0.3 is 0 Å². The van der Waals surface area contributed by atoms with E-state index in [9.17, 15) is 4.79 Å². The molecule has 5 heteroatoms. The number of oxime groups is 1. The number of aryl methyl sites for hydroxylation is 1. The summed E-state index contributed by atoms with van der Waals surface area (Å²) in [5.74, 6) is -0.428. The molecule has 0 unspecified atom stereocenters. The number of amides is 1. The molecular formula is C20H23N3O2. The van der Waals surface area contributed by atoms with E-state index in [1.54, 1.807) is 12.1 Å². The number of nitrogens with one attached hydrogen (secondary N) is 2. The molecule has 0 atom stereocenters. The average molecular weight is 337 g/mol. The molecule has 5 nitrogen and oxygen atoms in total. The minimum atomic E-state index is -0.428. The lowest BCUT2D eigenvalue weighted by atomic mass is 10.0. The van der Waals surface area contributed by atoms with Crippen molar-refractivity contribution in [3.05, 3.63) is 70.8 Å². The van der Waals surface area contributed by atoms with Crippen LogP contribution in [0.3, 0.4) is 0 Å². The molecule has 2 aromatic carbocycles. The van der Waals surface area contributed by atoms with E-state index in [0.717, 1.165) is 23.3 Å². The lowest BCUT2D eigenvalue weighted by Crippen LogP contribution is -2.28. The molecule has 0 aliphatic rings. The van der Waals surface area contributed by atoms with E-state index < -0.39 is 5.91 Å². The fraction of sp³-hybridized carbons (Fsp3) is 0.250. The summed E-state index contributed by atoms with van der Waals surface area (Å²) in [4.78, 5) is 17.1. The van der Waals surface area contributed by atoms with Gasteiger partial charge in [-0.3, -0.25) is 10.2 Å². The molecule has 0 bridgehead atoms. The molecular weight excluding hydrogens is 314 g/mol. The Morgan fingerprint density at radius 1 is 1.16 bits per heavy atom. The highest BCUT2D eigenvalue weighted by Gasteiger charge is 2.14. The molecule has 0 saturated heterocycles. The lowest BCUT2D eigenvalue weighted by molar-refractivity contribution is -0.114. The van der Waals surface area contributed by atoms with Crippen LogP contribution in [-0.4, -0.2) is 24.4 Å². The third-order valence-corrected chi connectivity index (χ3v) is 3.94. The molecule has 0 aliphatic carbocycles. The van der Waals surface area contributed by atoms with Crippen molar-refractivity contribution in [1.29, 1.82) is 5.41 Å². The zero-order valence-corrected chi connectivity index (χ0v) is 14.8. The highest BCUT2D eigenvalue weighted by molar-refractivity contribution is 6.44. The zero-order chi connectivity index (χ0) is 18.2. The average Bonchev–Trinajstić information content (AvgIpc) is 2.67. The van der Waals surface area contributed by atoms with E-state index >= 15 is 0 Å². The van der Waals surface area contributed by atoms with Gasteiger partial charge in [-0.15, -0.1) is 0 Å². The topological polar surface area (TPSA) is 74.5 Å². The number of carbonyl (C=O) groups excluding carboxylic acids is 1. The van der Waals surface area contributed by atoms with E-state index in [-0.39, 0.29) is 12.3 Å². The van der Waals surface area contributed by atoms with Crippen molar-refractivity contribution in [2.75, 3.05) is 7.05 Å². The van der Waals surface area contributed by atoms with Crippen LogP contribution in [0.25, 0.3) is 0 Å². The highest BCUT2D eigenvalue weighted by Crippen LogP contribution is 2.12. The Morgan fingerprint density at radius 3 is 2.48 bits per heavy atom. The van der Waals surface area contributed by atoms with Crippen LogP contribution in [0, 0.1) is 5.41 Å². The monoisotopic (exact) mass is 337 g/mol. The minimum absolute atomic E-state index is 0.0856. The van der Waals surface area contributed by atoms with Gasteiger partial charge in [0.15, 0.2) is 0 Å². The maximum absolute atomic E-state index is 11.7. The lowest BCUT2D eigenvalue weighted by Gasteiger charge is -2.09. The van der Waals surface area contributed by atoms with Crippen LogP contribution in [0.15, 0.2) is 53.7 Å². The predicted octanol–water partition coefficient (Wildman–Crippen LogP) is 3.30. The van der Waals surface area contributed by atoms with Crippen LogP contribution < -0.4 is 5.32 Å². The van der Waals surface area contributed by atoms with Crippen LogP contribution >= 0.6 is 0 Å². The number of carbonyl (C=O) groups is 1. The van der Waals surface area contributed by atoms with Gasteiger partial charge < -0.3 is 10.2 Å². The number of hydrogen-bond acceptors (Lipinski definition) is 4. The third-order valence-electron chi connectivity index (χ3n) is 3.94. The SMILES string of the molecule is CCc1ccc(/C(C)=N/OCc2ccccc2C(=N)C(=O)NC)cc1. The summed E-state index contributed by atoms with van der Waals surface area (Å²) in [6.45, 7) is 4.20. The molecule has 2 rings (SSSR count). The quantitative estimate of drug-likeness (QED) is 0.601. The summed E-state index contributed by atoms with van der Waals surface area (Å²) < 4.78 is 0. The van der Waals surface area contributed by atoms with Crippen LogP contribution in [0.2, 0.25) is 0 Å². The first-order chi connectivity index (χ1) is 12.1. The molecule has 2 N–H and O–H groups in total. The van der Waals surface area contributed by atoms with Crippen molar-refractivity contribution >= 4 is 17.3 Å². The Morgan fingerprint density at radius 2 is 1.84 bits per heavy atom. The first-order valence-corrected chi connectivity index (χ1v) is 8.21. The Labute approximate surface area is 148 Å². The minimum Gasteiger partial charge on any atom is -0.391 e.